The van der Waals surface area contributed by atoms with E-state index in [0.717, 1.165) is 33.7 Å². The lowest BCUT2D eigenvalue weighted by atomic mass is 9.94. The number of rotatable bonds is 4. The van der Waals surface area contributed by atoms with Gasteiger partial charge in [-0.15, -0.1) is 0 Å². The average molecular weight is 439 g/mol. The summed E-state index contributed by atoms with van der Waals surface area (Å²) >= 11 is 0. The van der Waals surface area contributed by atoms with Gasteiger partial charge in [-0.1, -0.05) is 42.5 Å². The second kappa shape index (κ2) is 8.69. The monoisotopic (exact) mass is 439 g/mol. The number of hydrogen-bond donors (Lipinski definition) is 0. The molecule has 32 heavy (non-hydrogen) atoms. The third-order valence-electron chi connectivity index (χ3n) is 6.02. The number of ether oxygens (including phenoxy) is 1. The van der Waals surface area contributed by atoms with E-state index in [0.29, 0.717) is 25.1 Å². The van der Waals surface area contributed by atoms with E-state index in [-0.39, 0.29) is 11.8 Å². The van der Waals surface area contributed by atoms with Crippen LogP contribution in [-0.4, -0.2) is 31.0 Å². The summed E-state index contributed by atoms with van der Waals surface area (Å²) in [5.74, 6) is 0.480. The highest BCUT2D eigenvalue weighted by Crippen LogP contribution is 2.33. The van der Waals surface area contributed by atoms with Crippen molar-refractivity contribution in [1.82, 2.24) is 4.90 Å². The van der Waals surface area contributed by atoms with Gasteiger partial charge in [-0.05, 0) is 65.1 Å². The van der Waals surface area contributed by atoms with Gasteiger partial charge in [0.2, 0.25) is 5.91 Å². The first-order chi connectivity index (χ1) is 15.3. The van der Waals surface area contributed by atoms with Crippen molar-refractivity contribution >= 4 is 22.3 Å². The zero-order valence-electron chi connectivity index (χ0n) is 17.9. The van der Waals surface area contributed by atoms with Crippen LogP contribution in [0, 0.1) is 0 Å². The standard InChI is InChI=1S/C26H24F3NO2/c1-17(19-6-7-22-16-24(32-2)9-8-21(22)14-19)25(31)30-12-10-18(11-13-30)20-4-3-5-23(15-20)26(27,28)29/h3-10,14-17H,11-13H2,1-2H3. The highest BCUT2D eigenvalue weighted by molar-refractivity contribution is 5.89. The second-order valence-corrected chi connectivity index (χ2v) is 8.04. The summed E-state index contributed by atoms with van der Waals surface area (Å²) in [5.41, 5.74) is 1.68. The van der Waals surface area contributed by atoms with E-state index >= 15 is 0 Å². The molecule has 3 aromatic rings. The van der Waals surface area contributed by atoms with Gasteiger partial charge in [0, 0.05) is 13.1 Å². The molecule has 0 aliphatic carbocycles. The molecule has 3 aromatic carbocycles. The number of amides is 1. The minimum Gasteiger partial charge on any atom is -0.497 e. The number of carbonyl (C=O) groups is 1. The molecule has 6 heteroatoms. The Morgan fingerprint density at radius 3 is 2.47 bits per heavy atom. The van der Waals surface area contributed by atoms with Gasteiger partial charge in [0.05, 0.1) is 18.6 Å². The van der Waals surface area contributed by atoms with Crippen LogP contribution in [0.2, 0.25) is 0 Å². The van der Waals surface area contributed by atoms with Crippen molar-refractivity contribution in [3.63, 3.8) is 0 Å². The number of fused-ring (bicyclic) bond motifs is 1. The molecular weight excluding hydrogens is 415 g/mol. The minimum atomic E-state index is -4.37. The summed E-state index contributed by atoms with van der Waals surface area (Å²) in [6.07, 6.45) is -1.98. The zero-order chi connectivity index (χ0) is 22.9. The molecular formula is C26H24F3NO2. The van der Waals surface area contributed by atoms with Crippen molar-refractivity contribution in [2.24, 2.45) is 0 Å². The number of nitrogens with zero attached hydrogens (tertiary/aromatic N) is 1. The maximum absolute atomic E-state index is 13.1. The molecule has 1 amide bonds. The molecule has 1 aliphatic heterocycles. The highest BCUT2D eigenvalue weighted by Gasteiger charge is 2.31. The Balaban J connectivity index is 1.48. The number of benzene rings is 3. The molecule has 1 heterocycles. The largest absolute Gasteiger partial charge is 0.497 e. The smallest absolute Gasteiger partial charge is 0.416 e. The van der Waals surface area contributed by atoms with Crippen molar-refractivity contribution in [3.05, 3.63) is 83.4 Å². The Morgan fingerprint density at radius 1 is 1.03 bits per heavy atom. The zero-order valence-corrected chi connectivity index (χ0v) is 17.9. The van der Waals surface area contributed by atoms with Gasteiger partial charge in [0.25, 0.3) is 0 Å². The number of methoxy groups -OCH3 is 1. The van der Waals surface area contributed by atoms with Crippen LogP contribution in [0.15, 0.2) is 66.7 Å². The van der Waals surface area contributed by atoms with E-state index < -0.39 is 11.7 Å². The van der Waals surface area contributed by atoms with Crippen LogP contribution < -0.4 is 4.74 Å². The van der Waals surface area contributed by atoms with E-state index in [9.17, 15) is 18.0 Å². The third kappa shape index (κ3) is 4.49. The van der Waals surface area contributed by atoms with Crippen LogP contribution in [0.4, 0.5) is 13.2 Å². The minimum absolute atomic E-state index is 0.0113. The van der Waals surface area contributed by atoms with E-state index in [1.54, 1.807) is 18.1 Å². The molecule has 1 aliphatic rings. The molecule has 4 rings (SSSR count). The Labute approximate surface area is 185 Å². The van der Waals surface area contributed by atoms with Crippen molar-refractivity contribution in [2.75, 3.05) is 20.2 Å². The second-order valence-electron chi connectivity index (χ2n) is 8.04. The Morgan fingerprint density at radius 2 is 1.78 bits per heavy atom. The van der Waals surface area contributed by atoms with Crippen molar-refractivity contribution in [3.8, 4) is 5.75 Å². The molecule has 0 radical (unpaired) electrons. The van der Waals surface area contributed by atoms with Crippen LogP contribution in [0.1, 0.15) is 36.0 Å². The summed E-state index contributed by atoms with van der Waals surface area (Å²) in [5, 5.41) is 2.08. The fraction of sp³-hybridized carbons (Fsp3) is 0.269. The molecule has 3 nitrogen and oxygen atoms in total. The lowest BCUT2D eigenvalue weighted by Crippen LogP contribution is -2.37. The summed E-state index contributed by atoms with van der Waals surface area (Å²) in [7, 11) is 1.63. The Bertz CT molecular complexity index is 1180. The summed E-state index contributed by atoms with van der Waals surface area (Å²) in [6, 6.07) is 17.1. The molecule has 1 unspecified atom stereocenters. The van der Waals surface area contributed by atoms with Crippen LogP contribution in [0.5, 0.6) is 5.75 Å². The van der Waals surface area contributed by atoms with Gasteiger partial charge in [0.1, 0.15) is 5.75 Å². The Hall–Kier alpha value is -3.28. The van der Waals surface area contributed by atoms with Crippen molar-refractivity contribution in [1.29, 1.82) is 0 Å². The van der Waals surface area contributed by atoms with E-state index in [1.165, 1.54) is 12.1 Å². The predicted octanol–water partition coefficient (Wildman–Crippen LogP) is 6.29. The number of carbonyl (C=O) groups excluding carboxylic acids is 1. The van der Waals surface area contributed by atoms with Gasteiger partial charge in [0.15, 0.2) is 0 Å². The van der Waals surface area contributed by atoms with E-state index in [1.807, 2.05) is 49.4 Å². The van der Waals surface area contributed by atoms with Gasteiger partial charge in [-0.25, -0.2) is 0 Å². The fourth-order valence-corrected chi connectivity index (χ4v) is 4.08. The van der Waals surface area contributed by atoms with Gasteiger partial charge in [-0.2, -0.15) is 13.2 Å². The SMILES string of the molecule is COc1ccc2cc(C(C)C(=O)N3CC=C(c4cccc(C(F)(F)F)c4)CC3)ccc2c1. The Kier molecular flexibility index (Phi) is 5.96. The third-order valence-corrected chi connectivity index (χ3v) is 6.02. The first-order valence-electron chi connectivity index (χ1n) is 10.5. The highest BCUT2D eigenvalue weighted by atomic mass is 19.4. The quantitative estimate of drug-likeness (QED) is 0.478. The molecule has 0 aromatic heterocycles. The maximum Gasteiger partial charge on any atom is 0.416 e. The lowest BCUT2D eigenvalue weighted by Gasteiger charge is -2.29. The molecule has 0 bridgehead atoms. The number of alkyl halides is 3. The molecule has 0 saturated carbocycles. The van der Waals surface area contributed by atoms with Crippen LogP contribution >= 0.6 is 0 Å². The number of hydrogen-bond acceptors (Lipinski definition) is 2. The molecule has 0 spiro atoms. The van der Waals surface area contributed by atoms with E-state index in [4.69, 9.17) is 4.74 Å². The maximum atomic E-state index is 13.1. The van der Waals surface area contributed by atoms with Crippen molar-refractivity contribution < 1.29 is 22.7 Å². The fourth-order valence-electron chi connectivity index (χ4n) is 4.08. The van der Waals surface area contributed by atoms with E-state index in [2.05, 4.69) is 0 Å². The molecule has 1 atom stereocenters. The van der Waals surface area contributed by atoms with Gasteiger partial charge < -0.3 is 9.64 Å². The normalized spacial score (nSPS) is 15.4. The molecule has 0 N–H and O–H groups in total. The summed E-state index contributed by atoms with van der Waals surface area (Å²) in [4.78, 5) is 14.9. The topological polar surface area (TPSA) is 29.5 Å². The first kappa shape index (κ1) is 21.9. The first-order valence-corrected chi connectivity index (χ1v) is 10.5. The summed E-state index contributed by atoms with van der Waals surface area (Å²) < 4.78 is 44.3. The molecule has 0 fully saturated rings. The summed E-state index contributed by atoms with van der Waals surface area (Å²) in [6.45, 7) is 2.76. The molecule has 0 saturated heterocycles. The lowest BCUT2D eigenvalue weighted by molar-refractivity contribution is -0.137. The van der Waals surface area contributed by atoms with Crippen molar-refractivity contribution in [2.45, 2.75) is 25.4 Å². The van der Waals surface area contributed by atoms with Crippen LogP contribution in [0.25, 0.3) is 16.3 Å². The average Bonchev–Trinajstić information content (AvgIpc) is 2.82. The predicted molar refractivity (Wildman–Crippen MR) is 120 cm³/mol. The number of halogens is 3. The van der Waals surface area contributed by atoms with Crippen LogP contribution in [0.3, 0.4) is 0 Å². The molecule has 166 valence electrons. The van der Waals surface area contributed by atoms with Gasteiger partial charge in [-0.3, -0.25) is 4.79 Å². The van der Waals surface area contributed by atoms with Crippen LogP contribution in [-0.2, 0) is 11.0 Å². The van der Waals surface area contributed by atoms with Gasteiger partial charge >= 0.3 is 6.18 Å².